The molecule has 1 fully saturated rings. The van der Waals surface area contributed by atoms with E-state index in [-0.39, 0.29) is 22.9 Å². The van der Waals surface area contributed by atoms with Crippen molar-refractivity contribution in [2.45, 2.75) is 36.7 Å². The third-order valence-corrected chi connectivity index (χ3v) is 5.42. The molecule has 126 valence electrons. The number of aromatic nitrogens is 1. The lowest BCUT2D eigenvalue weighted by molar-refractivity contribution is 0.0939. The van der Waals surface area contributed by atoms with E-state index >= 15 is 0 Å². The summed E-state index contributed by atoms with van der Waals surface area (Å²) in [4.78, 5) is 16.4. The second-order valence-corrected chi connectivity index (χ2v) is 7.61. The lowest BCUT2D eigenvalue weighted by Crippen LogP contribution is -2.27. The lowest BCUT2D eigenvalue weighted by Gasteiger charge is -2.14. The molecule has 0 spiro atoms. The van der Waals surface area contributed by atoms with Gasteiger partial charge in [0, 0.05) is 24.0 Å². The van der Waals surface area contributed by atoms with Crippen LogP contribution < -0.4 is 10.0 Å². The largest absolute Gasteiger partial charge is 0.346 e. The first-order valence-corrected chi connectivity index (χ1v) is 9.27. The molecule has 1 aromatic carbocycles. The highest BCUT2D eigenvalue weighted by Gasteiger charge is 2.28. The zero-order valence-electron chi connectivity index (χ0n) is 13.3. The minimum Gasteiger partial charge on any atom is -0.346 e. The number of pyridine rings is 1. The quantitative estimate of drug-likeness (QED) is 0.838. The van der Waals surface area contributed by atoms with Crippen molar-refractivity contribution >= 4 is 15.9 Å². The van der Waals surface area contributed by atoms with Crippen molar-refractivity contribution in [2.24, 2.45) is 0 Å². The van der Waals surface area contributed by atoms with Gasteiger partial charge in [-0.2, -0.15) is 0 Å². The van der Waals surface area contributed by atoms with Crippen molar-refractivity contribution in [3.8, 4) is 0 Å². The number of nitrogens with zero attached hydrogens (tertiary/aromatic N) is 1. The van der Waals surface area contributed by atoms with Gasteiger partial charge in [-0.3, -0.25) is 9.78 Å². The summed E-state index contributed by atoms with van der Waals surface area (Å²) in [7, 11) is -3.49. The average Bonchev–Trinajstić information content (AvgIpc) is 3.39. The zero-order chi connectivity index (χ0) is 17.2. The molecule has 0 radical (unpaired) electrons. The van der Waals surface area contributed by atoms with Crippen molar-refractivity contribution < 1.29 is 13.2 Å². The molecule has 0 unspecified atom stereocenters. The predicted octanol–water partition coefficient (Wildman–Crippen LogP) is 2.01. The topological polar surface area (TPSA) is 88.2 Å². The minimum atomic E-state index is -3.49. The fourth-order valence-corrected chi connectivity index (χ4v) is 3.59. The fourth-order valence-electron chi connectivity index (χ4n) is 2.29. The van der Waals surface area contributed by atoms with Gasteiger partial charge in [-0.1, -0.05) is 0 Å². The number of sulfonamides is 1. The summed E-state index contributed by atoms with van der Waals surface area (Å²) in [6, 6.07) is 9.52. The Morgan fingerprint density at radius 2 is 1.75 bits per heavy atom. The monoisotopic (exact) mass is 345 g/mol. The van der Waals surface area contributed by atoms with Crippen LogP contribution in [-0.2, 0) is 10.0 Å². The van der Waals surface area contributed by atoms with E-state index in [4.69, 9.17) is 0 Å². The van der Waals surface area contributed by atoms with Gasteiger partial charge in [0.1, 0.15) is 0 Å². The van der Waals surface area contributed by atoms with Gasteiger partial charge >= 0.3 is 0 Å². The first-order chi connectivity index (χ1) is 11.5. The van der Waals surface area contributed by atoms with E-state index in [1.54, 1.807) is 12.4 Å². The summed E-state index contributed by atoms with van der Waals surface area (Å²) in [5.74, 6) is -0.251. The van der Waals surface area contributed by atoms with Gasteiger partial charge < -0.3 is 5.32 Å². The molecular formula is C17H19N3O3S. The van der Waals surface area contributed by atoms with Gasteiger partial charge in [0.15, 0.2) is 0 Å². The van der Waals surface area contributed by atoms with Crippen molar-refractivity contribution in [1.82, 2.24) is 15.0 Å². The maximum Gasteiger partial charge on any atom is 0.251 e. The minimum absolute atomic E-state index is 0.0548. The third-order valence-electron chi connectivity index (χ3n) is 3.88. The van der Waals surface area contributed by atoms with Gasteiger partial charge in [-0.05, 0) is 61.7 Å². The van der Waals surface area contributed by atoms with Crippen LogP contribution in [0.3, 0.4) is 0 Å². The summed E-state index contributed by atoms with van der Waals surface area (Å²) in [6.45, 7) is 1.88. The Hall–Kier alpha value is -2.25. The Morgan fingerprint density at radius 1 is 1.12 bits per heavy atom. The smallest absolute Gasteiger partial charge is 0.251 e. The van der Waals surface area contributed by atoms with Crippen LogP contribution in [0.15, 0.2) is 53.7 Å². The number of rotatable bonds is 6. The van der Waals surface area contributed by atoms with Crippen molar-refractivity contribution in [1.29, 1.82) is 0 Å². The zero-order valence-corrected chi connectivity index (χ0v) is 14.1. The lowest BCUT2D eigenvalue weighted by atomic mass is 10.1. The van der Waals surface area contributed by atoms with E-state index in [2.05, 4.69) is 15.0 Å². The molecule has 1 saturated carbocycles. The highest BCUT2D eigenvalue weighted by Crippen LogP contribution is 2.22. The van der Waals surface area contributed by atoms with Crippen LogP contribution in [-0.4, -0.2) is 25.4 Å². The molecule has 0 bridgehead atoms. The first kappa shape index (κ1) is 16.6. The number of carbonyl (C=O) groups is 1. The van der Waals surface area contributed by atoms with E-state index in [0.29, 0.717) is 5.56 Å². The number of benzene rings is 1. The number of hydrogen-bond acceptors (Lipinski definition) is 4. The second-order valence-electron chi connectivity index (χ2n) is 5.90. The average molecular weight is 345 g/mol. The molecule has 6 nitrogen and oxygen atoms in total. The molecule has 24 heavy (non-hydrogen) atoms. The maximum atomic E-state index is 12.3. The van der Waals surface area contributed by atoms with Crippen LogP contribution in [0.5, 0.6) is 0 Å². The highest BCUT2D eigenvalue weighted by atomic mass is 32.2. The van der Waals surface area contributed by atoms with Gasteiger partial charge in [-0.15, -0.1) is 0 Å². The second kappa shape index (κ2) is 6.70. The molecule has 0 saturated heterocycles. The molecule has 1 amide bonds. The van der Waals surface area contributed by atoms with Crippen LogP contribution in [0.2, 0.25) is 0 Å². The maximum absolute atomic E-state index is 12.3. The van der Waals surface area contributed by atoms with E-state index < -0.39 is 10.0 Å². The Balaban J connectivity index is 1.67. The van der Waals surface area contributed by atoms with Gasteiger partial charge in [0.2, 0.25) is 10.0 Å². The Kier molecular flexibility index (Phi) is 4.64. The summed E-state index contributed by atoms with van der Waals surface area (Å²) in [6.07, 6.45) is 5.11. The summed E-state index contributed by atoms with van der Waals surface area (Å²) >= 11 is 0. The SMILES string of the molecule is C[C@@H](NC(=O)c1ccc(S(=O)(=O)NC2CC2)cc1)c1ccncc1. The Bertz CT molecular complexity index is 816. The van der Waals surface area contributed by atoms with Crippen molar-refractivity contribution in [3.63, 3.8) is 0 Å². The molecule has 1 atom stereocenters. The summed E-state index contributed by atoms with van der Waals surface area (Å²) in [5, 5.41) is 2.88. The molecule has 7 heteroatoms. The normalized spacial score (nSPS) is 15.7. The van der Waals surface area contributed by atoms with Crippen molar-refractivity contribution in [2.75, 3.05) is 0 Å². The molecular weight excluding hydrogens is 326 g/mol. The van der Waals surface area contributed by atoms with Crippen LogP contribution in [0.1, 0.15) is 41.7 Å². The predicted molar refractivity (Wildman–Crippen MR) is 89.9 cm³/mol. The number of nitrogens with one attached hydrogen (secondary N) is 2. The Morgan fingerprint density at radius 3 is 2.33 bits per heavy atom. The molecule has 1 heterocycles. The van der Waals surface area contributed by atoms with Gasteiger partial charge in [-0.25, -0.2) is 13.1 Å². The Labute approximate surface area is 141 Å². The van der Waals surface area contributed by atoms with Crippen molar-refractivity contribution in [3.05, 3.63) is 59.9 Å². The standard InChI is InChI=1S/C17H19N3O3S/c1-12(13-8-10-18-11-9-13)19-17(21)14-2-6-16(7-3-14)24(22,23)20-15-4-5-15/h2-3,6-12,15,20H,4-5H2,1H3,(H,19,21)/t12-/m1/s1. The third kappa shape index (κ3) is 3.98. The molecule has 0 aliphatic heterocycles. The first-order valence-electron chi connectivity index (χ1n) is 7.79. The van der Waals surface area contributed by atoms with Crippen LogP contribution in [0.25, 0.3) is 0 Å². The molecule has 3 rings (SSSR count). The number of carbonyl (C=O) groups excluding carboxylic acids is 1. The van der Waals surface area contributed by atoms with Crippen LogP contribution >= 0.6 is 0 Å². The number of hydrogen-bond donors (Lipinski definition) is 2. The fraction of sp³-hybridized carbons (Fsp3) is 0.294. The summed E-state index contributed by atoms with van der Waals surface area (Å²) in [5.41, 5.74) is 1.37. The van der Waals surface area contributed by atoms with Gasteiger partial charge in [0.25, 0.3) is 5.91 Å². The molecule has 2 aromatic rings. The van der Waals surface area contributed by atoms with E-state index in [9.17, 15) is 13.2 Å². The van der Waals surface area contributed by atoms with E-state index in [1.807, 2.05) is 19.1 Å². The summed E-state index contributed by atoms with van der Waals surface area (Å²) < 4.78 is 26.8. The van der Waals surface area contributed by atoms with E-state index in [1.165, 1.54) is 24.3 Å². The number of amides is 1. The van der Waals surface area contributed by atoms with E-state index in [0.717, 1.165) is 18.4 Å². The molecule has 1 aliphatic carbocycles. The van der Waals surface area contributed by atoms with Gasteiger partial charge in [0.05, 0.1) is 10.9 Å². The highest BCUT2D eigenvalue weighted by molar-refractivity contribution is 7.89. The molecule has 2 N–H and O–H groups in total. The van der Waals surface area contributed by atoms with Crippen LogP contribution in [0, 0.1) is 0 Å². The molecule has 1 aliphatic rings. The van der Waals surface area contributed by atoms with Crippen LogP contribution in [0.4, 0.5) is 0 Å². The molecule has 1 aromatic heterocycles.